The average Bonchev–Trinajstić information content (AvgIpc) is 2.31. The van der Waals surface area contributed by atoms with Crippen molar-refractivity contribution in [1.29, 1.82) is 0 Å². The maximum Gasteiger partial charge on any atom is 0.126 e. The highest BCUT2D eigenvalue weighted by molar-refractivity contribution is 9.11. The maximum atomic E-state index is 13.5. The van der Waals surface area contributed by atoms with Gasteiger partial charge in [0.2, 0.25) is 0 Å². The van der Waals surface area contributed by atoms with Crippen LogP contribution in [0.5, 0.6) is 0 Å². The first-order chi connectivity index (χ1) is 8.56. The van der Waals surface area contributed by atoms with Gasteiger partial charge in [-0.05, 0) is 41.8 Å². The molecule has 0 aromatic heterocycles. The SMILES string of the molecule is Fc1ccccc1CC(Cl)c1cc(Br)cc(Br)c1. The van der Waals surface area contributed by atoms with E-state index in [4.69, 9.17) is 11.6 Å². The number of hydrogen-bond acceptors (Lipinski definition) is 0. The Labute approximate surface area is 127 Å². The van der Waals surface area contributed by atoms with Gasteiger partial charge in [-0.25, -0.2) is 4.39 Å². The number of rotatable bonds is 3. The molecule has 0 radical (unpaired) electrons. The van der Waals surface area contributed by atoms with Gasteiger partial charge < -0.3 is 0 Å². The predicted molar refractivity (Wildman–Crippen MR) is 80.5 cm³/mol. The molecule has 0 heterocycles. The number of halogens is 4. The minimum atomic E-state index is -0.254. The van der Waals surface area contributed by atoms with Crippen molar-refractivity contribution in [3.05, 3.63) is 68.4 Å². The standard InChI is InChI=1S/C14H10Br2ClF/c15-11-5-10(6-12(16)8-11)13(17)7-9-3-1-2-4-14(9)18/h1-6,8,13H,7H2. The summed E-state index contributed by atoms with van der Waals surface area (Å²) < 4.78 is 15.4. The molecule has 18 heavy (non-hydrogen) atoms. The Bertz CT molecular complexity index is 537. The lowest BCUT2D eigenvalue weighted by Crippen LogP contribution is -1.98. The van der Waals surface area contributed by atoms with Crippen LogP contribution in [-0.2, 0) is 6.42 Å². The van der Waals surface area contributed by atoms with Crippen molar-refractivity contribution >= 4 is 43.5 Å². The quantitative estimate of drug-likeness (QED) is 0.573. The Morgan fingerprint density at radius 1 is 1.06 bits per heavy atom. The molecule has 0 aliphatic rings. The molecule has 0 aliphatic heterocycles. The van der Waals surface area contributed by atoms with Crippen LogP contribution >= 0.6 is 43.5 Å². The van der Waals surface area contributed by atoms with E-state index in [1.54, 1.807) is 12.1 Å². The summed E-state index contributed by atoms with van der Waals surface area (Å²) in [5.41, 5.74) is 1.59. The molecule has 2 rings (SSSR count). The van der Waals surface area contributed by atoms with E-state index >= 15 is 0 Å². The molecule has 2 aromatic rings. The largest absolute Gasteiger partial charge is 0.207 e. The smallest absolute Gasteiger partial charge is 0.126 e. The highest BCUT2D eigenvalue weighted by Gasteiger charge is 2.12. The minimum absolute atomic E-state index is 0.211. The zero-order valence-electron chi connectivity index (χ0n) is 9.34. The molecule has 0 nitrogen and oxygen atoms in total. The maximum absolute atomic E-state index is 13.5. The average molecular weight is 392 g/mol. The zero-order chi connectivity index (χ0) is 13.1. The summed E-state index contributed by atoms with van der Waals surface area (Å²) in [5, 5.41) is -0.254. The summed E-state index contributed by atoms with van der Waals surface area (Å²) in [6.45, 7) is 0. The van der Waals surface area contributed by atoms with Gasteiger partial charge >= 0.3 is 0 Å². The van der Waals surface area contributed by atoms with E-state index in [0.717, 1.165) is 14.5 Å². The molecule has 94 valence electrons. The molecular formula is C14H10Br2ClF. The molecule has 0 fully saturated rings. The van der Waals surface area contributed by atoms with Crippen molar-refractivity contribution < 1.29 is 4.39 Å². The van der Waals surface area contributed by atoms with Crippen LogP contribution in [0, 0.1) is 5.82 Å². The highest BCUT2D eigenvalue weighted by atomic mass is 79.9. The summed E-state index contributed by atoms with van der Waals surface area (Å²) in [7, 11) is 0. The van der Waals surface area contributed by atoms with E-state index < -0.39 is 0 Å². The Kier molecular flexibility index (Phi) is 4.82. The summed E-state index contributed by atoms with van der Waals surface area (Å²) in [6, 6.07) is 12.5. The topological polar surface area (TPSA) is 0 Å². The predicted octanol–water partition coefficient (Wildman–Crippen LogP) is 5.87. The highest BCUT2D eigenvalue weighted by Crippen LogP contribution is 2.30. The molecule has 2 aromatic carbocycles. The number of alkyl halides is 1. The third kappa shape index (κ3) is 3.56. The molecule has 0 N–H and O–H groups in total. The first-order valence-corrected chi connectivity index (χ1v) is 7.42. The van der Waals surface area contributed by atoms with E-state index in [2.05, 4.69) is 31.9 Å². The first kappa shape index (κ1) is 14.0. The van der Waals surface area contributed by atoms with Gasteiger partial charge in [-0.2, -0.15) is 0 Å². The van der Waals surface area contributed by atoms with Crippen LogP contribution in [0.1, 0.15) is 16.5 Å². The zero-order valence-corrected chi connectivity index (χ0v) is 13.3. The van der Waals surface area contributed by atoms with E-state index in [1.165, 1.54) is 6.07 Å². The third-order valence-electron chi connectivity index (χ3n) is 2.60. The third-order valence-corrected chi connectivity index (χ3v) is 3.93. The summed E-state index contributed by atoms with van der Waals surface area (Å²) in [4.78, 5) is 0. The van der Waals surface area contributed by atoms with Crippen LogP contribution in [0.4, 0.5) is 4.39 Å². The van der Waals surface area contributed by atoms with Crippen molar-refractivity contribution in [2.45, 2.75) is 11.8 Å². The van der Waals surface area contributed by atoms with E-state index in [1.807, 2.05) is 24.3 Å². The fourth-order valence-electron chi connectivity index (χ4n) is 1.73. The molecule has 4 heteroatoms. The van der Waals surface area contributed by atoms with E-state index in [0.29, 0.717) is 12.0 Å². The summed E-state index contributed by atoms with van der Waals surface area (Å²) in [5.74, 6) is -0.211. The molecule has 0 amide bonds. The second-order valence-corrected chi connectivity index (χ2v) is 6.32. The number of benzene rings is 2. The molecule has 1 unspecified atom stereocenters. The molecule has 0 spiro atoms. The van der Waals surface area contributed by atoms with Gasteiger partial charge in [-0.15, -0.1) is 11.6 Å². The molecule has 0 saturated carbocycles. The Morgan fingerprint density at radius 2 is 1.67 bits per heavy atom. The van der Waals surface area contributed by atoms with E-state index in [-0.39, 0.29) is 11.2 Å². The van der Waals surface area contributed by atoms with Crippen LogP contribution in [0.15, 0.2) is 51.4 Å². The Hall–Kier alpha value is -0.380. The van der Waals surface area contributed by atoms with Crippen molar-refractivity contribution in [2.75, 3.05) is 0 Å². The van der Waals surface area contributed by atoms with Gasteiger partial charge in [-0.1, -0.05) is 50.1 Å². The fourth-order valence-corrected chi connectivity index (χ4v) is 3.35. The van der Waals surface area contributed by atoms with Crippen LogP contribution < -0.4 is 0 Å². The van der Waals surface area contributed by atoms with Gasteiger partial charge in [0.15, 0.2) is 0 Å². The van der Waals surface area contributed by atoms with Crippen LogP contribution in [-0.4, -0.2) is 0 Å². The number of hydrogen-bond donors (Lipinski definition) is 0. The Morgan fingerprint density at radius 3 is 2.28 bits per heavy atom. The van der Waals surface area contributed by atoms with Gasteiger partial charge in [0.05, 0.1) is 5.38 Å². The second-order valence-electron chi connectivity index (χ2n) is 3.97. The van der Waals surface area contributed by atoms with E-state index in [9.17, 15) is 4.39 Å². The Balaban J connectivity index is 2.22. The monoisotopic (exact) mass is 390 g/mol. The molecule has 0 aliphatic carbocycles. The fraction of sp³-hybridized carbons (Fsp3) is 0.143. The van der Waals surface area contributed by atoms with Crippen molar-refractivity contribution in [3.8, 4) is 0 Å². The van der Waals surface area contributed by atoms with Crippen molar-refractivity contribution in [2.24, 2.45) is 0 Å². The second kappa shape index (κ2) is 6.18. The first-order valence-electron chi connectivity index (χ1n) is 5.40. The lowest BCUT2D eigenvalue weighted by molar-refractivity contribution is 0.607. The minimum Gasteiger partial charge on any atom is -0.207 e. The lowest BCUT2D eigenvalue weighted by atomic mass is 10.0. The van der Waals surface area contributed by atoms with Gasteiger partial charge in [0.25, 0.3) is 0 Å². The summed E-state index contributed by atoms with van der Waals surface area (Å²) in [6.07, 6.45) is 0.469. The molecule has 0 saturated heterocycles. The molecule has 0 bridgehead atoms. The van der Waals surface area contributed by atoms with Gasteiger partial charge in [-0.3, -0.25) is 0 Å². The normalized spacial score (nSPS) is 12.4. The van der Waals surface area contributed by atoms with Crippen LogP contribution in [0.25, 0.3) is 0 Å². The van der Waals surface area contributed by atoms with Crippen LogP contribution in [0.3, 0.4) is 0 Å². The van der Waals surface area contributed by atoms with Crippen LogP contribution in [0.2, 0.25) is 0 Å². The van der Waals surface area contributed by atoms with Gasteiger partial charge in [0, 0.05) is 8.95 Å². The van der Waals surface area contributed by atoms with Crippen molar-refractivity contribution in [1.82, 2.24) is 0 Å². The van der Waals surface area contributed by atoms with Crippen molar-refractivity contribution in [3.63, 3.8) is 0 Å². The summed E-state index contributed by atoms with van der Waals surface area (Å²) >= 11 is 13.2. The molecular weight excluding hydrogens is 382 g/mol. The molecule has 1 atom stereocenters. The van der Waals surface area contributed by atoms with Gasteiger partial charge in [0.1, 0.15) is 5.82 Å². The lowest BCUT2D eigenvalue weighted by Gasteiger charge is -2.11.